The van der Waals surface area contributed by atoms with Gasteiger partial charge in [-0.25, -0.2) is 0 Å². The monoisotopic (exact) mass is 400 g/mol. The van der Waals surface area contributed by atoms with Crippen molar-refractivity contribution < 1.29 is 9.90 Å². The maximum Gasteiger partial charge on any atom is 0.257 e. The van der Waals surface area contributed by atoms with Gasteiger partial charge < -0.3 is 15.7 Å². The van der Waals surface area contributed by atoms with Crippen LogP contribution in [0, 0.1) is 0 Å². The molecule has 3 heterocycles. The average Bonchev–Trinajstić information content (AvgIpc) is 3.10. The highest BCUT2D eigenvalue weighted by molar-refractivity contribution is 6.34. The molecule has 0 atom stereocenters. The van der Waals surface area contributed by atoms with Gasteiger partial charge in [0.15, 0.2) is 0 Å². The van der Waals surface area contributed by atoms with E-state index in [-0.39, 0.29) is 12.0 Å². The molecule has 0 spiro atoms. The van der Waals surface area contributed by atoms with Crippen LogP contribution in [0.1, 0.15) is 24.0 Å². The van der Waals surface area contributed by atoms with E-state index in [0.29, 0.717) is 5.57 Å². The lowest BCUT2D eigenvalue weighted by molar-refractivity contribution is -0.110. The molecule has 5 rings (SSSR count). The van der Waals surface area contributed by atoms with Gasteiger partial charge in [0.25, 0.3) is 5.91 Å². The first-order chi connectivity index (χ1) is 14.7. The molecule has 1 fully saturated rings. The lowest BCUT2D eigenvalue weighted by atomic mass is 10.0. The molecule has 1 amide bonds. The molecule has 6 heteroatoms. The minimum absolute atomic E-state index is 0.113. The third-order valence-electron chi connectivity index (χ3n) is 5.85. The highest BCUT2D eigenvalue weighted by Gasteiger charge is 2.26. The predicted octanol–water partition coefficient (Wildman–Crippen LogP) is 3.60. The van der Waals surface area contributed by atoms with Gasteiger partial charge in [-0.1, -0.05) is 18.2 Å². The number of piperidine rings is 1. The van der Waals surface area contributed by atoms with E-state index < -0.39 is 0 Å². The Balaban J connectivity index is 1.33. The molecule has 2 aromatic carbocycles. The van der Waals surface area contributed by atoms with Crippen molar-refractivity contribution in [2.45, 2.75) is 25.5 Å². The maximum atomic E-state index is 12.5. The molecule has 2 aliphatic heterocycles. The predicted molar refractivity (Wildman–Crippen MR) is 119 cm³/mol. The summed E-state index contributed by atoms with van der Waals surface area (Å²) in [6.07, 6.45) is 5.08. The van der Waals surface area contributed by atoms with Crippen LogP contribution in [0.3, 0.4) is 0 Å². The summed E-state index contributed by atoms with van der Waals surface area (Å²) in [5, 5.41) is 16.8. The van der Waals surface area contributed by atoms with Gasteiger partial charge in [0.1, 0.15) is 0 Å². The van der Waals surface area contributed by atoms with E-state index in [2.05, 4.69) is 32.7 Å². The highest BCUT2D eigenvalue weighted by Crippen LogP contribution is 2.37. The number of carbonyl (C=O) groups excluding carboxylic acids is 1. The number of aliphatic hydroxyl groups is 1. The molecule has 152 valence electrons. The van der Waals surface area contributed by atoms with Gasteiger partial charge in [-0.15, -0.1) is 0 Å². The lowest BCUT2D eigenvalue weighted by Crippen LogP contribution is -2.35. The van der Waals surface area contributed by atoms with Gasteiger partial charge in [0.05, 0.1) is 17.2 Å². The Hall–Kier alpha value is -3.22. The normalized spacial score (nSPS) is 18.6. The van der Waals surface area contributed by atoms with Crippen molar-refractivity contribution >= 4 is 33.8 Å². The van der Waals surface area contributed by atoms with Gasteiger partial charge in [0.2, 0.25) is 0 Å². The van der Waals surface area contributed by atoms with E-state index in [1.807, 2.05) is 36.4 Å². The van der Waals surface area contributed by atoms with E-state index in [1.165, 1.54) is 5.56 Å². The van der Waals surface area contributed by atoms with E-state index >= 15 is 0 Å². The van der Waals surface area contributed by atoms with Crippen LogP contribution >= 0.6 is 0 Å². The number of nitrogens with zero attached hydrogens (tertiary/aromatic N) is 2. The zero-order valence-corrected chi connectivity index (χ0v) is 16.6. The van der Waals surface area contributed by atoms with Crippen molar-refractivity contribution in [3.8, 4) is 0 Å². The van der Waals surface area contributed by atoms with Gasteiger partial charge >= 0.3 is 0 Å². The molecule has 0 radical (unpaired) electrons. The minimum Gasteiger partial charge on any atom is -0.393 e. The number of fused-ring (bicyclic) bond motifs is 3. The van der Waals surface area contributed by atoms with Crippen LogP contribution in [0.5, 0.6) is 0 Å². The summed E-state index contributed by atoms with van der Waals surface area (Å²) >= 11 is 0. The van der Waals surface area contributed by atoms with Crippen molar-refractivity contribution in [1.82, 2.24) is 9.88 Å². The second kappa shape index (κ2) is 7.89. The second-order valence-electron chi connectivity index (χ2n) is 7.92. The molecule has 6 nitrogen and oxygen atoms in total. The molecule has 3 aromatic rings. The first kappa shape index (κ1) is 18.8. The van der Waals surface area contributed by atoms with Crippen molar-refractivity contribution in [3.05, 3.63) is 72.1 Å². The quantitative estimate of drug-likeness (QED) is 0.584. The topological polar surface area (TPSA) is 77.5 Å². The molecular weight excluding hydrogens is 376 g/mol. The largest absolute Gasteiger partial charge is 0.393 e. The number of carbonyl (C=O) groups is 1. The third kappa shape index (κ3) is 3.67. The van der Waals surface area contributed by atoms with Crippen LogP contribution < -0.4 is 10.6 Å². The Bertz CT molecular complexity index is 1120. The first-order valence-electron chi connectivity index (χ1n) is 10.3. The molecule has 2 aliphatic rings. The molecule has 1 aromatic heterocycles. The number of hydrogen-bond donors (Lipinski definition) is 3. The van der Waals surface area contributed by atoms with Gasteiger partial charge in [-0.05, 0) is 48.7 Å². The number of anilines is 2. The molecule has 0 aliphatic carbocycles. The smallest absolute Gasteiger partial charge is 0.257 e. The van der Waals surface area contributed by atoms with Gasteiger partial charge in [0, 0.05) is 54.4 Å². The Morgan fingerprint density at radius 3 is 2.73 bits per heavy atom. The first-order valence-corrected chi connectivity index (χ1v) is 10.3. The Morgan fingerprint density at radius 2 is 1.93 bits per heavy atom. The van der Waals surface area contributed by atoms with Gasteiger partial charge in [-0.2, -0.15) is 0 Å². The van der Waals surface area contributed by atoms with E-state index in [9.17, 15) is 9.90 Å². The standard InChI is InChI=1S/C24H24N4O2/c29-18-9-12-28(13-10-18)15-16-3-5-17(6-4-16)26-14-20-23-19-2-1-11-25-21(19)7-8-22(23)27-24(20)30/h1-8,11,14,18,26,29H,9-10,12-13,15H2,(H,27,30)/b20-14-. The van der Waals surface area contributed by atoms with Crippen molar-refractivity contribution in [3.63, 3.8) is 0 Å². The summed E-state index contributed by atoms with van der Waals surface area (Å²) in [5.74, 6) is -0.113. The number of aliphatic hydroxyl groups excluding tert-OH is 1. The SMILES string of the molecule is O=C1Nc2ccc3ncccc3c2/C1=C/Nc1ccc(CN2CCC(O)CC2)cc1. The number of nitrogens with one attached hydrogen (secondary N) is 2. The summed E-state index contributed by atoms with van der Waals surface area (Å²) < 4.78 is 0. The lowest BCUT2D eigenvalue weighted by Gasteiger charge is -2.29. The number of likely N-dealkylation sites (tertiary alicyclic amines) is 1. The van der Waals surface area contributed by atoms with Crippen LogP contribution in [0.2, 0.25) is 0 Å². The molecule has 3 N–H and O–H groups in total. The fourth-order valence-corrected chi connectivity index (χ4v) is 4.19. The molecular formula is C24H24N4O2. The fraction of sp³-hybridized carbons (Fsp3) is 0.250. The van der Waals surface area contributed by atoms with Crippen LogP contribution in [0.25, 0.3) is 16.5 Å². The molecule has 0 unspecified atom stereocenters. The van der Waals surface area contributed by atoms with Crippen LogP contribution in [-0.4, -0.2) is 40.1 Å². The van der Waals surface area contributed by atoms with Crippen LogP contribution in [0.15, 0.2) is 60.9 Å². The molecule has 30 heavy (non-hydrogen) atoms. The zero-order chi connectivity index (χ0) is 20.5. The molecule has 1 saturated heterocycles. The summed E-state index contributed by atoms with van der Waals surface area (Å²) in [4.78, 5) is 19.3. The fourth-order valence-electron chi connectivity index (χ4n) is 4.19. The summed E-state index contributed by atoms with van der Waals surface area (Å²) in [5.41, 5.74) is 5.36. The number of aromatic nitrogens is 1. The van der Waals surface area contributed by atoms with Gasteiger partial charge in [-0.3, -0.25) is 14.7 Å². The zero-order valence-electron chi connectivity index (χ0n) is 16.6. The highest BCUT2D eigenvalue weighted by atomic mass is 16.3. The van der Waals surface area contributed by atoms with Crippen molar-refractivity contribution in [2.24, 2.45) is 0 Å². The maximum absolute atomic E-state index is 12.5. The number of pyridine rings is 1. The van der Waals surface area contributed by atoms with Crippen LogP contribution in [-0.2, 0) is 11.3 Å². The number of amides is 1. The second-order valence-corrected chi connectivity index (χ2v) is 7.92. The van der Waals surface area contributed by atoms with Crippen LogP contribution in [0.4, 0.5) is 11.4 Å². The molecule has 0 bridgehead atoms. The minimum atomic E-state index is -0.147. The van der Waals surface area contributed by atoms with Crippen molar-refractivity contribution in [2.75, 3.05) is 23.7 Å². The number of hydrogen-bond acceptors (Lipinski definition) is 5. The van der Waals surface area contributed by atoms with E-state index in [0.717, 1.165) is 60.3 Å². The third-order valence-corrected chi connectivity index (χ3v) is 5.85. The Kier molecular flexibility index (Phi) is 4.94. The average molecular weight is 400 g/mol. The Labute approximate surface area is 175 Å². The number of benzene rings is 2. The van der Waals surface area contributed by atoms with E-state index in [4.69, 9.17) is 0 Å². The summed E-state index contributed by atoms with van der Waals surface area (Å²) in [6, 6.07) is 16.0. The molecule has 0 saturated carbocycles. The summed E-state index contributed by atoms with van der Waals surface area (Å²) in [6.45, 7) is 2.76. The van der Waals surface area contributed by atoms with Crippen molar-refractivity contribution in [1.29, 1.82) is 0 Å². The number of rotatable bonds is 4. The summed E-state index contributed by atoms with van der Waals surface area (Å²) in [7, 11) is 0. The Morgan fingerprint density at radius 1 is 1.13 bits per heavy atom. The van der Waals surface area contributed by atoms with E-state index in [1.54, 1.807) is 12.4 Å².